The number of hydrogen-bond donors (Lipinski definition) is 2. The molecule has 0 radical (unpaired) electrons. The van der Waals surface area contributed by atoms with Crippen LogP contribution in [-0.4, -0.2) is 30.8 Å². The van der Waals surface area contributed by atoms with Crippen molar-refractivity contribution >= 4 is 6.09 Å². The van der Waals surface area contributed by atoms with Gasteiger partial charge in [0.25, 0.3) is 0 Å². The second-order valence-electron chi connectivity index (χ2n) is 5.68. The van der Waals surface area contributed by atoms with E-state index >= 15 is 0 Å². The maximum Gasteiger partial charge on any atom is 0.407 e. The highest BCUT2D eigenvalue weighted by atomic mass is 16.6. The molecule has 0 saturated carbocycles. The van der Waals surface area contributed by atoms with E-state index in [2.05, 4.69) is 24.5 Å². The molecule has 1 amide bonds. The average Bonchev–Trinajstić information content (AvgIpc) is 2.25. The summed E-state index contributed by atoms with van der Waals surface area (Å²) < 4.78 is 5.22. The molecule has 4 heteroatoms. The van der Waals surface area contributed by atoms with Gasteiger partial charge in [0.05, 0.1) is 0 Å². The fourth-order valence-corrected chi connectivity index (χ4v) is 1.60. The third kappa shape index (κ3) is 10.4. The molecule has 0 aliphatic carbocycles. The molecule has 0 aliphatic rings. The third-order valence-corrected chi connectivity index (χ3v) is 2.48. The van der Waals surface area contributed by atoms with E-state index in [1.807, 2.05) is 20.8 Å². The van der Waals surface area contributed by atoms with E-state index in [0.717, 1.165) is 19.4 Å². The van der Waals surface area contributed by atoms with Gasteiger partial charge in [0.1, 0.15) is 5.60 Å². The van der Waals surface area contributed by atoms with Crippen LogP contribution in [0.3, 0.4) is 0 Å². The van der Waals surface area contributed by atoms with Gasteiger partial charge in [-0.1, -0.05) is 26.7 Å². The topological polar surface area (TPSA) is 50.4 Å². The normalized spacial score (nSPS) is 13.2. The van der Waals surface area contributed by atoms with Gasteiger partial charge < -0.3 is 15.4 Å². The number of unbranched alkanes of at least 4 members (excludes halogenated alkanes) is 1. The summed E-state index contributed by atoms with van der Waals surface area (Å²) in [7, 11) is 0. The van der Waals surface area contributed by atoms with Gasteiger partial charge in [0, 0.05) is 12.6 Å². The van der Waals surface area contributed by atoms with Crippen LogP contribution in [0.25, 0.3) is 0 Å². The number of rotatable bonds is 8. The summed E-state index contributed by atoms with van der Waals surface area (Å²) in [6, 6.07) is 0.345. The Hall–Kier alpha value is -0.770. The number of ether oxygens (including phenoxy) is 1. The van der Waals surface area contributed by atoms with Crippen LogP contribution >= 0.6 is 0 Å². The molecule has 0 aromatic carbocycles. The average molecular weight is 258 g/mol. The smallest absolute Gasteiger partial charge is 0.407 e. The number of amides is 1. The minimum atomic E-state index is -0.431. The summed E-state index contributed by atoms with van der Waals surface area (Å²) in [5, 5.41) is 6.29. The maximum atomic E-state index is 11.5. The standard InChI is InChI=1S/C14H30N2O2/c1-6-8-9-12(15-10-7-2)11-16-13(17)18-14(3,4)5/h12,15H,6-11H2,1-5H3,(H,16,17). The molecule has 0 aromatic rings. The van der Waals surface area contributed by atoms with Crippen LogP contribution in [-0.2, 0) is 4.74 Å². The monoisotopic (exact) mass is 258 g/mol. The summed E-state index contributed by atoms with van der Waals surface area (Å²) in [6.45, 7) is 11.6. The lowest BCUT2D eigenvalue weighted by atomic mass is 10.1. The van der Waals surface area contributed by atoms with Gasteiger partial charge in [-0.3, -0.25) is 0 Å². The lowest BCUT2D eigenvalue weighted by Crippen LogP contribution is -2.43. The Morgan fingerprint density at radius 2 is 1.89 bits per heavy atom. The van der Waals surface area contributed by atoms with Crippen molar-refractivity contribution in [1.29, 1.82) is 0 Å². The molecule has 0 spiro atoms. The molecule has 0 saturated heterocycles. The molecule has 18 heavy (non-hydrogen) atoms. The first-order valence-corrected chi connectivity index (χ1v) is 7.09. The van der Waals surface area contributed by atoms with Gasteiger partial charge in [-0.05, 0) is 40.2 Å². The summed E-state index contributed by atoms with van der Waals surface area (Å²) in [5.74, 6) is 0. The zero-order chi connectivity index (χ0) is 14.0. The molecule has 108 valence electrons. The highest BCUT2D eigenvalue weighted by molar-refractivity contribution is 5.67. The minimum absolute atomic E-state index is 0.331. The first-order valence-electron chi connectivity index (χ1n) is 7.09. The Bertz CT molecular complexity index is 216. The molecule has 1 atom stereocenters. The highest BCUT2D eigenvalue weighted by Gasteiger charge is 2.17. The SMILES string of the molecule is CCCCC(CNC(=O)OC(C)(C)C)NCCC. The molecule has 0 heterocycles. The Labute approximate surface area is 112 Å². The van der Waals surface area contributed by atoms with Gasteiger partial charge in [-0.15, -0.1) is 0 Å². The third-order valence-electron chi connectivity index (χ3n) is 2.48. The van der Waals surface area contributed by atoms with Crippen molar-refractivity contribution in [3.05, 3.63) is 0 Å². The second-order valence-corrected chi connectivity index (χ2v) is 5.68. The maximum absolute atomic E-state index is 11.5. The van der Waals surface area contributed by atoms with Gasteiger partial charge in [0.15, 0.2) is 0 Å². The van der Waals surface area contributed by atoms with E-state index in [1.165, 1.54) is 12.8 Å². The van der Waals surface area contributed by atoms with Crippen molar-refractivity contribution in [1.82, 2.24) is 10.6 Å². The zero-order valence-corrected chi connectivity index (χ0v) is 12.6. The van der Waals surface area contributed by atoms with E-state index in [4.69, 9.17) is 4.74 Å². The Morgan fingerprint density at radius 3 is 2.39 bits per heavy atom. The molecule has 0 rings (SSSR count). The van der Waals surface area contributed by atoms with Crippen molar-refractivity contribution in [2.45, 2.75) is 71.9 Å². The number of carbonyl (C=O) groups excluding carboxylic acids is 1. The Morgan fingerprint density at radius 1 is 1.22 bits per heavy atom. The highest BCUT2D eigenvalue weighted by Crippen LogP contribution is 2.06. The fraction of sp³-hybridized carbons (Fsp3) is 0.929. The van der Waals surface area contributed by atoms with Crippen molar-refractivity contribution < 1.29 is 9.53 Å². The van der Waals surface area contributed by atoms with Gasteiger partial charge in [0.2, 0.25) is 0 Å². The summed E-state index contributed by atoms with van der Waals surface area (Å²) in [6.07, 6.45) is 4.22. The molecule has 0 aliphatic heterocycles. The van der Waals surface area contributed by atoms with E-state index in [0.29, 0.717) is 12.6 Å². The van der Waals surface area contributed by atoms with Crippen LogP contribution in [0.15, 0.2) is 0 Å². The molecular weight excluding hydrogens is 228 g/mol. The Kier molecular flexibility index (Phi) is 8.81. The summed E-state index contributed by atoms with van der Waals surface area (Å²) in [5.41, 5.74) is -0.431. The van der Waals surface area contributed by atoms with Gasteiger partial charge >= 0.3 is 6.09 Å². The predicted molar refractivity (Wildman–Crippen MR) is 75.8 cm³/mol. The van der Waals surface area contributed by atoms with E-state index in [-0.39, 0.29) is 6.09 Å². The van der Waals surface area contributed by atoms with Crippen molar-refractivity contribution in [3.8, 4) is 0 Å². The van der Waals surface area contributed by atoms with Crippen LogP contribution in [0.1, 0.15) is 60.3 Å². The second kappa shape index (κ2) is 9.20. The number of hydrogen-bond acceptors (Lipinski definition) is 3. The lowest BCUT2D eigenvalue weighted by molar-refractivity contribution is 0.0521. The fourth-order valence-electron chi connectivity index (χ4n) is 1.60. The number of carbonyl (C=O) groups is 1. The van der Waals surface area contributed by atoms with Crippen LogP contribution < -0.4 is 10.6 Å². The van der Waals surface area contributed by atoms with E-state index < -0.39 is 5.60 Å². The first kappa shape index (κ1) is 17.2. The lowest BCUT2D eigenvalue weighted by Gasteiger charge is -2.22. The molecule has 0 bridgehead atoms. The largest absolute Gasteiger partial charge is 0.444 e. The van der Waals surface area contributed by atoms with Crippen LogP contribution in [0, 0.1) is 0 Å². The minimum Gasteiger partial charge on any atom is -0.444 e. The van der Waals surface area contributed by atoms with Crippen LogP contribution in [0.5, 0.6) is 0 Å². The molecule has 0 fully saturated rings. The van der Waals surface area contributed by atoms with Crippen molar-refractivity contribution in [2.75, 3.05) is 13.1 Å². The zero-order valence-electron chi connectivity index (χ0n) is 12.6. The van der Waals surface area contributed by atoms with E-state index in [9.17, 15) is 4.79 Å². The Balaban J connectivity index is 3.96. The van der Waals surface area contributed by atoms with Crippen molar-refractivity contribution in [3.63, 3.8) is 0 Å². The number of nitrogens with one attached hydrogen (secondary N) is 2. The molecule has 4 nitrogen and oxygen atoms in total. The molecule has 0 aromatic heterocycles. The van der Waals surface area contributed by atoms with Gasteiger partial charge in [-0.25, -0.2) is 4.79 Å². The van der Waals surface area contributed by atoms with Crippen LogP contribution in [0.2, 0.25) is 0 Å². The molecule has 2 N–H and O–H groups in total. The van der Waals surface area contributed by atoms with Crippen LogP contribution in [0.4, 0.5) is 4.79 Å². The van der Waals surface area contributed by atoms with E-state index in [1.54, 1.807) is 0 Å². The quantitative estimate of drug-likeness (QED) is 0.703. The first-order chi connectivity index (χ1) is 8.39. The van der Waals surface area contributed by atoms with Gasteiger partial charge in [-0.2, -0.15) is 0 Å². The summed E-state index contributed by atoms with van der Waals surface area (Å²) >= 11 is 0. The number of alkyl carbamates (subject to hydrolysis) is 1. The van der Waals surface area contributed by atoms with Crippen molar-refractivity contribution in [2.24, 2.45) is 0 Å². The molecular formula is C14H30N2O2. The summed E-state index contributed by atoms with van der Waals surface area (Å²) in [4.78, 5) is 11.5. The predicted octanol–water partition coefficient (Wildman–Crippen LogP) is 3.07. The molecule has 1 unspecified atom stereocenters.